The topological polar surface area (TPSA) is 41.1 Å². The zero-order chi connectivity index (χ0) is 13.8. The van der Waals surface area contributed by atoms with Crippen LogP contribution in [0.2, 0.25) is 0 Å². The van der Waals surface area contributed by atoms with E-state index in [0.717, 1.165) is 31.2 Å². The molecular formula is C14H26N4. The Kier molecular flexibility index (Phi) is 5.08. The van der Waals surface area contributed by atoms with E-state index < -0.39 is 0 Å². The molecule has 18 heavy (non-hydrogen) atoms. The van der Waals surface area contributed by atoms with Crippen LogP contribution in [0.4, 0.5) is 5.95 Å². The lowest BCUT2D eigenvalue weighted by molar-refractivity contribution is 0.423. The number of rotatable bonds is 5. The normalized spacial score (nSPS) is 11.7. The van der Waals surface area contributed by atoms with Gasteiger partial charge in [-0.3, -0.25) is 0 Å². The highest BCUT2D eigenvalue weighted by Gasteiger charge is 2.11. The molecule has 0 aliphatic carbocycles. The summed E-state index contributed by atoms with van der Waals surface area (Å²) in [5.74, 6) is 0.814. The van der Waals surface area contributed by atoms with Gasteiger partial charge in [0.1, 0.15) is 0 Å². The van der Waals surface area contributed by atoms with Crippen molar-refractivity contribution in [3.8, 4) is 0 Å². The molecule has 0 saturated heterocycles. The van der Waals surface area contributed by atoms with Crippen molar-refractivity contribution in [2.75, 3.05) is 18.5 Å². The standard InChI is InChI=1S/C14H26N4/c1-7-8-18(6)13-15-9-12(11(2)17-13)10-16-14(3,4)5/h9,16H,7-8,10H2,1-6H3. The number of hydrogen-bond donors (Lipinski definition) is 1. The zero-order valence-electron chi connectivity index (χ0n) is 12.5. The second kappa shape index (κ2) is 6.14. The third-order valence-corrected chi connectivity index (χ3v) is 2.78. The predicted octanol–water partition coefficient (Wildman–Crippen LogP) is 2.52. The summed E-state index contributed by atoms with van der Waals surface area (Å²) in [6.07, 6.45) is 3.04. The molecule has 1 heterocycles. The van der Waals surface area contributed by atoms with Gasteiger partial charge in [0.15, 0.2) is 0 Å². The van der Waals surface area contributed by atoms with Gasteiger partial charge in [-0.1, -0.05) is 6.92 Å². The van der Waals surface area contributed by atoms with Crippen molar-refractivity contribution in [3.05, 3.63) is 17.5 Å². The molecule has 0 radical (unpaired) electrons. The Morgan fingerprint density at radius 3 is 2.50 bits per heavy atom. The van der Waals surface area contributed by atoms with Crippen molar-refractivity contribution < 1.29 is 0 Å². The van der Waals surface area contributed by atoms with Crippen molar-refractivity contribution >= 4 is 5.95 Å². The van der Waals surface area contributed by atoms with Crippen LogP contribution in [0, 0.1) is 6.92 Å². The van der Waals surface area contributed by atoms with Crippen molar-refractivity contribution in [3.63, 3.8) is 0 Å². The van der Waals surface area contributed by atoms with Gasteiger partial charge in [-0.25, -0.2) is 9.97 Å². The third kappa shape index (κ3) is 4.61. The molecule has 4 nitrogen and oxygen atoms in total. The predicted molar refractivity (Wildman–Crippen MR) is 76.9 cm³/mol. The Bertz CT molecular complexity index is 382. The molecule has 1 aromatic rings. The van der Waals surface area contributed by atoms with E-state index in [1.54, 1.807) is 0 Å². The largest absolute Gasteiger partial charge is 0.344 e. The molecule has 0 atom stereocenters. The number of aryl methyl sites for hydroxylation is 1. The lowest BCUT2D eigenvalue weighted by atomic mass is 10.1. The third-order valence-electron chi connectivity index (χ3n) is 2.78. The molecule has 1 aromatic heterocycles. The highest BCUT2D eigenvalue weighted by molar-refractivity contribution is 5.31. The summed E-state index contributed by atoms with van der Waals surface area (Å²) >= 11 is 0. The van der Waals surface area contributed by atoms with Crippen LogP contribution in [0.5, 0.6) is 0 Å². The van der Waals surface area contributed by atoms with Gasteiger partial charge in [0, 0.05) is 43.1 Å². The first-order valence-electron chi connectivity index (χ1n) is 6.62. The van der Waals surface area contributed by atoms with Gasteiger partial charge >= 0.3 is 0 Å². The molecule has 0 fully saturated rings. The van der Waals surface area contributed by atoms with Crippen molar-refractivity contribution in [2.24, 2.45) is 0 Å². The highest BCUT2D eigenvalue weighted by atomic mass is 15.2. The summed E-state index contributed by atoms with van der Waals surface area (Å²) in [6, 6.07) is 0. The summed E-state index contributed by atoms with van der Waals surface area (Å²) in [4.78, 5) is 11.1. The number of nitrogens with zero attached hydrogens (tertiary/aromatic N) is 3. The fourth-order valence-corrected chi connectivity index (χ4v) is 1.63. The van der Waals surface area contributed by atoms with Gasteiger partial charge in [-0.15, -0.1) is 0 Å². The zero-order valence-corrected chi connectivity index (χ0v) is 12.5. The fraction of sp³-hybridized carbons (Fsp3) is 0.714. The minimum Gasteiger partial charge on any atom is -0.344 e. The summed E-state index contributed by atoms with van der Waals surface area (Å²) < 4.78 is 0. The van der Waals surface area contributed by atoms with E-state index in [4.69, 9.17) is 0 Å². The van der Waals surface area contributed by atoms with Gasteiger partial charge in [-0.2, -0.15) is 0 Å². The van der Waals surface area contributed by atoms with Crippen LogP contribution in [0.15, 0.2) is 6.20 Å². The molecule has 1 N–H and O–H groups in total. The molecule has 0 aliphatic heterocycles. The molecular weight excluding hydrogens is 224 g/mol. The van der Waals surface area contributed by atoms with E-state index in [2.05, 4.69) is 47.9 Å². The molecule has 0 unspecified atom stereocenters. The molecule has 0 saturated carbocycles. The number of aromatic nitrogens is 2. The molecule has 0 spiro atoms. The monoisotopic (exact) mass is 250 g/mol. The number of anilines is 1. The Labute approximate surface area is 111 Å². The molecule has 0 amide bonds. The average Bonchev–Trinajstić information content (AvgIpc) is 2.26. The number of hydrogen-bond acceptors (Lipinski definition) is 4. The summed E-state index contributed by atoms with van der Waals surface area (Å²) in [7, 11) is 2.03. The maximum atomic E-state index is 4.57. The SMILES string of the molecule is CCCN(C)c1ncc(CNC(C)(C)C)c(C)n1. The van der Waals surface area contributed by atoms with Crippen LogP contribution < -0.4 is 10.2 Å². The lowest BCUT2D eigenvalue weighted by Gasteiger charge is -2.21. The van der Waals surface area contributed by atoms with E-state index >= 15 is 0 Å². The van der Waals surface area contributed by atoms with E-state index in [1.165, 1.54) is 5.56 Å². The molecule has 0 aliphatic rings. The smallest absolute Gasteiger partial charge is 0.225 e. The Hall–Kier alpha value is -1.16. The Morgan fingerprint density at radius 1 is 1.33 bits per heavy atom. The Morgan fingerprint density at radius 2 is 2.00 bits per heavy atom. The quantitative estimate of drug-likeness (QED) is 0.872. The van der Waals surface area contributed by atoms with Crippen LogP contribution >= 0.6 is 0 Å². The van der Waals surface area contributed by atoms with Gasteiger partial charge in [-0.05, 0) is 34.1 Å². The van der Waals surface area contributed by atoms with Gasteiger partial charge in [0.25, 0.3) is 0 Å². The summed E-state index contributed by atoms with van der Waals surface area (Å²) in [6.45, 7) is 12.5. The van der Waals surface area contributed by atoms with E-state index in [-0.39, 0.29) is 5.54 Å². The maximum Gasteiger partial charge on any atom is 0.225 e. The highest BCUT2D eigenvalue weighted by Crippen LogP contribution is 2.11. The van der Waals surface area contributed by atoms with Crippen LogP contribution in [-0.4, -0.2) is 29.1 Å². The fourth-order valence-electron chi connectivity index (χ4n) is 1.63. The second-order valence-electron chi connectivity index (χ2n) is 5.81. The van der Waals surface area contributed by atoms with Crippen molar-refractivity contribution in [1.29, 1.82) is 0 Å². The number of nitrogens with one attached hydrogen (secondary N) is 1. The molecule has 0 bridgehead atoms. The van der Waals surface area contributed by atoms with Crippen molar-refractivity contribution in [1.82, 2.24) is 15.3 Å². The first-order chi connectivity index (χ1) is 8.33. The second-order valence-corrected chi connectivity index (χ2v) is 5.81. The van der Waals surface area contributed by atoms with Crippen LogP contribution in [0.3, 0.4) is 0 Å². The van der Waals surface area contributed by atoms with Gasteiger partial charge in [0.2, 0.25) is 5.95 Å². The van der Waals surface area contributed by atoms with Crippen LogP contribution in [0.25, 0.3) is 0 Å². The van der Waals surface area contributed by atoms with Gasteiger partial charge in [0.05, 0.1) is 0 Å². The molecule has 1 rings (SSSR count). The molecule has 102 valence electrons. The van der Waals surface area contributed by atoms with E-state index in [0.29, 0.717) is 0 Å². The van der Waals surface area contributed by atoms with Crippen LogP contribution in [-0.2, 0) is 6.54 Å². The molecule has 0 aromatic carbocycles. The van der Waals surface area contributed by atoms with Crippen molar-refractivity contribution in [2.45, 2.75) is 53.1 Å². The van der Waals surface area contributed by atoms with E-state index in [1.807, 2.05) is 20.2 Å². The first kappa shape index (κ1) is 14.9. The van der Waals surface area contributed by atoms with Crippen LogP contribution in [0.1, 0.15) is 45.4 Å². The Balaban J connectivity index is 2.73. The molecule has 4 heteroatoms. The maximum absolute atomic E-state index is 4.57. The van der Waals surface area contributed by atoms with E-state index in [9.17, 15) is 0 Å². The summed E-state index contributed by atoms with van der Waals surface area (Å²) in [5.41, 5.74) is 2.34. The summed E-state index contributed by atoms with van der Waals surface area (Å²) in [5, 5.41) is 3.46. The lowest BCUT2D eigenvalue weighted by Crippen LogP contribution is -2.35. The van der Waals surface area contributed by atoms with Gasteiger partial charge < -0.3 is 10.2 Å². The first-order valence-corrected chi connectivity index (χ1v) is 6.62. The average molecular weight is 250 g/mol. The minimum atomic E-state index is 0.115. The minimum absolute atomic E-state index is 0.115.